The van der Waals surface area contributed by atoms with Crippen molar-refractivity contribution in [3.8, 4) is 11.1 Å². The number of aromatic nitrogens is 1. The van der Waals surface area contributed by atoms with Crippen LogP contribution in [0.1, 0.15) is 103 Å². The van der Waals surface area contributed by atoms with Crippen molar-refractivity contribution in [3.63, 3.8) is 0 Å². The van der Waals surface area contributed by atoms with E-state index in [1.54, 1.807) is 33.9 Å². The average molecular weight is 914 g/mol. The lowest BCUT2D eigenvalue weighted by Crippen LogP contribution is -2.60. The number of hydrogen-bond donors (Lipinski definition) is 3. The van der Waals surface area contributed by atoms with E-state index in [2.05, 4.69) is 44.7 Å². The monoisotopic (exact) mass is 914 g/mol. The zero-order chi connectivity index (χ0) is 47.7. The summed E-state index contributed by atoms with van der Waals surface area (Å²) in [5.74, 6) is -1.05. The van der Waals surface area contributed by atoms with Crippen LogP contribution < -0.4 is 16.5 Å². The molecular weight excluding hydrogens is 845 g/mol. The van der Waals surface area contributed by atoms with Crippen molar-refractivity contribution in [2.75, 3.05) is 46.4 Å². The van der Waals surface area contributed by atoms with Crippen LogP contribution in [-0.4, -0.2) is 114 Å². The fourth-order valence-electron chi connectivity index (χ4n) is 9.92. The standard InChI is InChI=1S/C51H69F2N7O6/c1-10-36(58-21-20-57-18-12-14-37(57)29-58)27-39(44(54)31(3)64-9)45-40-28-51(7,8)30-65-48(62)41-15-13-19-60(56-41)47(61)42(55-49(63)66-50(4,5)6)24-32-22-34(25-35(23-32)46(52)53)33-16-17-43(38(40)26-33)59(45)11-2/h10,16-17,22-23,25-27,31,37,41-42,46,56H,1,11-15,18-21,24,28-30,54H2,2-9H3,(H,55,63)/b36-27+,44-39+/t31-,37+,41-,42-/m0/s1. The summed E-state index contributed by atoms with van der Waals surface area (Å²) >= 11 is 0. The van der Waals surface area contributed by atoms with Gasteiger partial charge in [-0.1, -0.05) is 38.6 Å². The van der Waals surface area contributed by atoms with Crippen molar-refractivity contribution in [2.24, 2.45) is 11.1 Å². The molecule has 4 N–H and O–H groups in total. The Bertz CT molecular complexity index is 2380. The summed E-state index contributed by atoms with van der Waals surface area (Å²) < 4.78 is 49.6. The Morgan fingerprint density at radius 3 is 2.53 bits per heavy atom. The molecule has 2 amide bonds. The van der Waals surface area contributed by atoms with E-state index in [4.69, 9.17) is 19.9 Å². The van der Waals surface area contributed by atoms with E-state index >= 15 is 0 Å². The molecule has 358 valence electrons. The highest BCUT2D eigenvalue weighted by molar-refractivity contribution is 5.96. The van der Waals surface area contributed by atoms with Crippen LogP contribution in [0.5, 0.6) is 0 Å². The van der Waals surface area contributed by atoms with Gasteiger partial charge < -0.3 is 34.7 Å². The zero-order valence-electron chi connectivity index (χ0n) is 40.0. The Morgan fingerprint density at radius 1 is 1.08 bits per heavy atom. The number of carbonyl (C=O) groups is 3. The molecule has 1 aromatic heterocycles. The van der Waals surface area contributed by atoms with E-state index in [0.717, 1.165) is 66.0 Å². The van der Waals surface area contributed by atoms with Gasteiger partial charge in [-0.2, -0.15) is 0 Å². The average Bonchev–Trinajstić information content (AvgIpc) is 3.88. The number of carbonyl (C=O) groups excluding carboxylic acids is 3. The van der Waals surface area contributed by atoms with Gasteiger partial charge in [-0.3, -0.25) is 19.5 Å². The first-order chi connectivity index (χ1) is 31.3. The number of hydrazine groups is 1. The highest BCUT2D eigenvalue weighted by Crippen LogP contribution is 2.41. The number of allylic oxidation sites excluding steroid dienone is 3. The molecule has 2 aromatic carbocycles. The molecule has 3 saturated heterocycles. The van der Waals surface area contributed by atoms with Gasteiger partial charge in [0.25, 0.3) is 12.3 Å². The van der Waals surface area contributed by atoms with E-state index in [-0.39, 0.29) is 25.1 Å². The normalized spacial score (nSPS) is 23.0. The number of alkyl carbamates (subject to hydrolysis) is 1. The van der Waals surface area contributed by atoms with E-state index < -0.39 is 53.6 Å². The molecule has 0 unspecified atom stereocenters. The fraction of sp³-hybridized carbons (Fsp3) is 0.549. The van der Waals surface area contributed by atoms with Gasteiger partial charge in [0.15, 0.2) is 0 Å². The third kappa shape index (κ3) is 10.8. The number of esters is 1. The van der Waals surface area contributed by atoms with Gasteiger partial charge in [0.05, 0.1) is 18.4 Å². The van der Waals surface area contributed by atoms with Crippen LogP contribution in [0.25, 0.3) is 27.6 Å². The summed E-state index contributed by atoms with van der Waals surface area (Å²) in [5, 5.41) is 4.92. The van der Waals surface area contributed by atoms with Crippen molar-refractivity contribution in [1.82, 2.24) is 30.1 Å². The smallest absolute Gasteiger partial charge is 0.408 e. The Labute approximate surface area is 388 Å². The van der Waals surface area contributed by atoms with E-state index in [0.29, 0.717) is 54.2 Å². The number of cyclic esters (lactones) is 1. The summed E-state index contributed by atoms with van der Waals surface area (Å²) in [7, 11) is 1.64. The number of amides is 2. The summed E-state index contributed by atoms with van der Waals surface area (Å²) in [4.78, 5) is 46.4. The number of aryl methyl sites for hydroxylation is 1. The Morgan fingerprint density at radius 2 is 1.83 bits per heavy atom. The van der Waals surface area contributed by atoms with Crippen molar-refractivity contribution in [2.45, 2.75) is 130 Å². The number of alkyl halides is 2. The molecule has 66 heavy (non-hydrogen) atoms. The van der Waals surface area contributed by atoms with Crippen molar-refractivity contribution in [3.05, 3.63) is 88.9 Å². The maximum atomic E-state index is 14.9. The van der Waals surface area contributed by atoms with Gasteiger partial charge in [0, 0.05) is 91.1 Å². The molecule has 4 atom stereocenters. The first kappa shape index (κ1) is 48.7. The number of rotatable bonds is 9. The number of hydrogen-bond acceptors (Lipinski definition) is 10. The molecule has 4 aliphatic heterocycles. The number of ether oxygens (including phenoxy) is 3. The lowest BCUT2D eigenvalue weighted by molar-refractivity contribution is -0.155. The maximum Gasteiger partial charge on any atom is 0.408 e. The van der Waals surface area contributed by atoms with Crippen molar-refractivity contribution < 1.29 is 37.4 Å². The van der Waals surface area contributed by atoms with Crippen molar-refractivity contribution in [1.29, 1.82) is 0 Å². The second kappa shape index (κ2) is 19.9. The van der Waals surface area contributed by atoms with Crippen LogP contribution in [0, 0.1) is 5.41 Å². The Kier molecular flexibility index (Phi) is 14.7. The minimum absolute atomic E-state index is 0.0565. The Balaban J connectivity index is 1.44. The largest absolute Gasteiger partial charge is 0.464 e. The van der Waals surface area contributed by atoms with Crippen LogP contribution in [0.15, 0.2) is 66.5 Å². The second-order valence-electron chi connectivity index (χ2n) is 20.0. The number of fused-ring (bicyclic) bond motifs is 7. The molecule has 6 bridgehead atoms. The highest BCUT2D eigenvalue weighted by Gasteiger charge is 2.37. The molecule has 7 rings (SSSR count). The zero-order valence-corrected chi connectivity index (χ0v) is 40.0. The Hall–Kier alpha value is -5.25. The molecular formula is C51H69F2N7O6. The first-order valence-electron chi connectivity index (χ1n) is 23.5. The highest BCUT2D eigenvalue weighted by atomic mass is 19.3. The molecule has 13 nitrogen and oxygen atoms in total. The lowest BCUT2D eigenvalue weighted by Gasteiger charge is -2.39. The predicted octanol–water partition coefficient (Wildman–Crippen LogP) is 7.88. The third-order valence-electron chi connectivity index (χ3n) is 13.3. The molecule has 0 spiro atoms. The minimum atomic E-state index is -2.82. The molecule has 5 heterocycles. The molecule has 3 aromatic rings. The molecule has 0 saturated carbocycles. The van der Waals surface area contributed by atoms with Gasteiger partial charge in [-0.15, -0.1) is 0 Å². The van der Waals surface area contributed by atoms with Crippen LogP contribution in [0.4, 0.5) is 13.6 Å². The van der Waals surface area contributed by atoms with Gasteiger partial charge >= 0.3 is 12.1 Å². The maximum absolute atomic E-state index is 14.9. The van der Waals surface area contributed by atoms with Gasteiger partial charge in [-0.05, 0) is 126 Å². The minimum Gasteiger partial charge on any atom is -0.464 e. The van der Waals surface area contributed by atoms with Crippen LogP contribution in [0.2, 0.25) is 0 Å². The van der Waals surface area contributed by atoms with E-state index in [1.165, 1.54) is 23.6 Å². The molecule has 3 fully saturated rings. The number of nitrogens with two attached hydrogens (primary N) is 1. The second-order valence-corrected chi connectivity index (χ2v) is 20.0. The summed E-state index contributed by atoms with van der Waals surface area (Å²) in [6.45, 7) is 22.2. The topological polar surface area (TPSA) is 144 Å². The number of piperazine rings is 1. The van der Waals surface area contributed by atoms with Crippen LogP contribution in [0.3, 0.4) is 0 Å². The first-order valence-corrected chi connectivity index (χ1v) is 23.5. The molecule has 15 heteroatoms. The van der Waals surface area contributed by atoms with Gasteiger partial charge in [0.2, 0.25) is 0 Å². The van der Waals surface area contributed by atoms with E-state index in [1.807, 2.05) is 45.0 Å². The number of nitrogens with zero attached hydrogens (tertiary/aromatic N) is 4. The number of methoxy groups -OCH3 is 1. The van der Waals surface area contributed by atoms with Crippen molar-refractivity contribution >= 4 is 34.4 Å². The lowest BCUT2D eigenvalue weighted by atomic mass is 9.83. The molecule has 0 aliphatic carbocycles. The summed E-state index contributed by atoms with van der Waals surface area (Å²) in [5.41, 5.74) is 15.2. The molecule has 4 aliphatic rings. The quantitative estimate of drug-likeness (QED) is 0.143. The molecule has 0 radical (unpaired) electrons. The number of benzene rings is 2. The van der Waals surface area contributed by atoms with Gasteiger partial charge in [-0.25, -0.2) is 19.0 Å². The van der Waals surface area contributed by atoms with E-state index in [9.17, 15) is 23.2 Å². The summed E-state index contributed by atoms with van der Waals surface area (Å²) in [6.07, 6.45) is 3.50. The van der Waals surface area contributed by atoms with Crippen LogP contribution in [-0.2, 0) is 43.2 Å². The number of nitrogens with one attached hydrogen (secondary N) is 2. The fourth-order valence-corrected chi connectivity index (χ4v) is 9.92. The van der Waals surface area contributed by atoms with Gasteiger partial charge in [0.1, 0.15) is 17.7 Å². The predicted molar refractivity (Wildman–Crippen MR) is 253 cm³/mol. The number of halogens is 2. The van der Waals surface area contributed by atoms with Crippen LogP contribution >= 0.6 is 0 Å². The third-order valence-corrected chi connectivity index (χ3v) is 13.3. The SMILES string of the molecule is C=C/C(=C\C(=C(/N)[C@H](C)OC)c1c2c3cc(ccc3n1CC)-c1cc(cc(C(F)F)c1)C[C@H](NC(=O)OC(C)(C)C)C(=O)N1CCC[C@H](N1)C(=O)OCC(C)(C)C2)N1CCN2CCC[C@@H]2C1. The summed E-state index contributed by atoms with van der Waals surface area (Å²) in [6, 6.07) is 9.04.